The van der Waals surface area contributed by atoms with Crippen LogP contribution in [0.1, 0.15) is 40.3 Å². The van der Waals surface area contributed by atoms with E-state index in [2.05, 4.69) is 78.3 Å². The Morgan fingerprint density at radius 3 is 1.90 bits per heavy atom. The summed E-state index contributed by atoms with van der Waals surface area (Å²) >= 11 is 3.61. The van der Waals surface area contributed by atoms with Crippen LogP contribution in [-0.4, -0.2) is 18.8 Å². The summed E-state index contributed by atoms with van der Waals surface area (Å²) in [4.78, 5) is 17.2. The second-order valence-corrected chi connectivity index (χ2v) is 7.88. The van der Waals surface area contributed by atoms with Crippen LogP contribution in [0.5, 0.6) is 0 Å². The minimum atomic E-state index is -0.365. The van der Waals surface area contributed by atoms with Crippen LogP contribution in [0.15, 0.2) is 82.3 Å². The van der Waals surface area contributed by atoms with Gasteiger partial charge in [-0.1, -0.05) is 93.8 Å². The first-order valence-corrected chi connectivity index (χ1v) is 10.3. The second-order valence-electron chi connectivity index (χ2n) is 7.03. The topological polar surface area (TPSA) is 38.7 Å². The summed E-state index contributed by atoms with van der Waals surface area (Å²) in [6, 6.07) is 24.1. The summed E-state index contributed by atoms with van der Waals surface area (Å²) in [5.41, 5.74) is 6.22. The number of methoxy groups -OCH3 is 1. The van der Waals surface area contributed by atoms with Crippen LogP contribution < -0.4 is 0 Å². The van der Waals surface area contributed by atoms with E-state index >= 15 is 0 Å². The fourth-order valence-corrected chi connectivity index (χ4v) is 3.66. The molecule has 0 aliphatic carbocycles. The Bertz CT molecular complexity index is 960. The normalized spacial score (nSPS) is 11.6. The van der Waals surface area contributed by atoms with Crippen molar-refractivity contribution >= 4 is 27.6 Å². The number of nitrogens with zero attached hydrogens (tertiary/aromatic N) is 1. The average molecular weight is 450 g/mol. The van der Waals surface area contributed by atoms with Gasteiger partial charge in [0.2, 0.25) is 0 Å². The van der Waals surface area contributed by atoms with Crippen LogP contribution in [0.4, 0.5) is 0 Å². The Morgan fingerprint density at radius 2 is 1.41 bits per heavy atom. The minimum absolute atomic E-state index is 0.167. The van der Waals surface area contributed by atoms with Crippen molar-refractivity contribution in [3.63, 3.8) is 0 Å². The first-order valence-electron chi connectivity index (χ1n) is 9.51. The fourth-order valence-electron chi connectivity index (χ4n) is 3.11. The first kappa shape index (κ1) is 21.0. The predicted molar refractivity (Wildman–Crippen MR) is 122 cm³/mol. The zero-order chi connectivity index (χ0) is 20.8. The summed E-state index contributed by atoms with van der Waals surface area (Å²) in [5, 5.41) is 0. The van der Waals surface area contributed by atoms with Crippen molar-refractivity contribution in [2.45, 2.75) is 26.3 Å². The van der Waals surface area contributed by atoms with Crippen LogP contribution >= 0.6 is 15.9 Å². The van der Waals surface area contributed by atoms with Gasteiger partial charge in [0.15, 0.2) is 0 Å². The van der Waals surface area contributed by atoms with Crippen molar-refractivity contribution in [1.29, 1.82) is 0 Å². The molecule has 0 amide bonds. The minimum Gasteiger partial charge on any atom is -0.469 e. The number of aryl methyl sites for hydroxylation is 2. The van der Waals surface area contributed by atoms with Gasteiger partial charge < -0.3 is 4.74 Å². The van der Waals surface area contributed by atoms with Crippen molar-refractivity contribution in [2.24, 2.45) is 4.99 Å². The molecule has 3 rings (SSSR count). The molecule has 0 N–H and O–H groups in total. The maximum absolute atomic E-state index is 12.1. The van der Waals surface area contributed by atoms with Gasteiger partial charge in [-0.2, -0.15) is 0 Å². The van der Waals surface area contributed by atoms with Crippen molar-refractivity contribution in [3.8, 4) is 0 Å². The Morgan fingerprint density at radius 1 is 0.897 bits per heavy atom. The highest BCUT2D eigenvalue weighted by Gasteiger charge is 2.20. The summed E-state index contributed by atoms with van der Waals surface area (Å²) in [7, 11) is 1.41. The number of carbonyl (C=O) groups is 1. The van der Waals surface area contributed by atoms with Crippen LogP contribution in [0.3, 0.4) is 0 Å². The van der Waals surface area contributed by atoms with Gasteiger partial charge in [-0.3, -0.25) is 9.79 Å². The molecule has 0 fully saturated rings. The quantitative estimate of drug-likeness (QED) is 0.331. The molecule has 3 nitrogen and oxygen atoms in total. The fraction of sp³-hybridized carbons (Fsp3) is 0.200. The number of ether oxygens (including phenoxy) is 1. The molecule has 0 saturated carbocycles. The smallest absolute Gasteiger partial charge is 0.308 e. The van der Waals surface area contributed by atoms with Crippen molar-refractivity contribution in [1.82, 2.24) is 0 Å². The lowest BCUT2D eigenvalue weighted by Crippen LogP contribution is -2.12. The molecule has 4 heteroatoms. The van der Waals surface area contributed by atoms with E-state index in [0.717, 1.165) is 26.9 Å². The van der Waals surface area contributed by atoms with Crippen LogP contribution in [0.2, 0.25) is 0 Å². The van der Waals surface area contributed by atoms with Crippen molar-refractivity contribution in [2.75, 3.05) is 7.11 Å². The lowest BCUT2D eigenvalue weighted by Gasteiger charge is -2.17. The number of rotatable bonds is 6. The number of carbonyl (C=O) groups excluding carboxylic acids is 1. The molecule has 1 atom stereocenters. The molecule has 0 bridgehead atoms. The molecule has 3 aromatic rings. The largest absolute Gasteiger partial charge is 0.469 e. The van der Waals surface area contributed by atoms with Gasteiger partial charge in [0.25, 0.3) is 0 Å². The zero-order valence-electron chi connectivity index (χ0n) is 16.9. The number of hydrogen-bond acceptors (Lipinski definition) is 3. The van der Waals surface area contributed by atoms with E-state index in [4.69, 9.17) is 9.73 Å². The SMILES string of the molecule is COC(=O)CC(N=C(c1ccc(C)cc1)c1ccc(C)cc1)c1ccccc1Br. The number of aliphatic imine (C=N–C) groups is 1. The highest BCUT2D eigenvalue weighted by atomic mass is 79.9. The number of benzene rings is 3. The standard InChI is InChI=1S/C25H24BrNO2/c1-17-8-12-19(13-9-17)25(20-14-10-18(2)11-15-20)27-23(16-24(28)29-3)21-6-4-5-7-22(21)26/h4-15,23H,16H2,1-3H3. The molecule has 0 aliphatic rings. The van der Waals surface area contributed by atoms with Gasteiger partial charge in [-0.05, 0) is 25.5 Å². The number of hydrogen-bond donors (Lipinski definition) is 0. The maximum atomic E-state index is 12.1. The Kier molecular flexibility index (Phi) is 6.99. The molecule has 0 aliphatic heterocycles. The van der Waals surface area contributed by atoms with Crippen molar-refractivity contribution < 1.29 is 9.53 Å². The van der Waals surface area contributed by atoms with E-state index in [1.54, 1.807) is 0 Å². The molecule has 0 aromatic heterocycles. The van der Waals surface area contributed by atoms with Crippen LogP contribution in [0.25, 0.3) is 0 Å². The average Bonchev–Trinajstić information content (AvgIpc) is 2.73. The third kappa shape index (κ3) is 5.42. The van der Waals surface area contributed by atoms with E-state index in [9.17, 15) is 4.79 Å². The number of halogens is 1. The second kappa shape index (κ2) is 9.66. The highest BCUT2D eigenvalue weighted by Crippen LogP contribution is 2.30. The molecular weight excluding hydrogens is 426 g/mol. The predicted octanol–water partition coefficient (Wildman–Crippen LogP) is 6.21. The Labute approximate surface area is 180 Å². The van der Waals surface area contributed by atoms with Gasteiger partial charge in [-0.25, -0.2) is 0 Å². The molecule has 0 radical (unpaired) electrons. The third-order valence-corrected chi connectivity index (χ3v) is 5.51. The van der Waals surface area contributed by atoms with Gasteiger partial charge >= 0.3 is 5.97 Å². The maximum Gasteiger partial charge on any atom is 0.308 e. The molecule has 29 heavy (non-hydrogen) atoms. The van der Waals surface area contributed by atoms with E-state index in [1.807, 2.05) is 24.3 Å². The molecular formula is C25H24BrNO2. The molecule has 3 aromatic carbocycles. The van der Waals surface area contributed by atoms with E-state index in [-0.39, 0.29) is 18.4 Å². The van der Waals surface area contributed by atoms with Crippen molar-refractivity contribution in [3.05, 3.63) is 105 Å². The van der Waals surface area contributed by atoms with E-state index < -0.39 is 0 Å². The van der Waals surface area contributed by atoms with Gasteiger partial charge in [-0.15, -0.1) is 0 Å². The summed E-state index contributed by atoms with van der Waals surface area (Å²) in [5.74, 6) is -0.290. The zero-order valence-corrected chi connectivity index (χ0v) is 18.4. The highest BCUT2D eigenvalue weighted by molar-refractivity contribution is 9.10. The van der Waals surface area contributed by atoms with Gasteiger partial charge in [0, 0.05) is 15.6 Å². The Balaban J connectivity index is 2.15. The van der Waals surface area contributed by atoms with E-state index in [0.29, 0.717) is 0 Å². The van der Waals surface area contributed by atoms with Gasteiger partial charge in [0.1, 0.15) is 0 Å². The summed E-state index contributed by atoms with van der Waals surface area (Å²) in [6.45, 7) is 4.13. The molecule has 148 valence electrons. The number of esters is 1. The Hall–Kier alpha value is -2.72. The molecule has 0 saturated heterocycles. The monoisotopic (exact) mass is 449 g/mol. The molecule has 0 spiro atoms. The molecule has 0 heterocycles. The summed E-state index contributed by atoms with van der Waals surface area (Å²) in [6.07, 6.45) is 0.167. The summed E-state index contributed by atoms with van der Waals surface area (Å²) < 4.78 is 5.86. The van der Waals surface area contributed by atoms with Gasteiger partial charge in [0.05, 0.1) is 25.3 Å². The molecule has 1 unspecified atom stereocenters. The van der Waals surface area contributed by atoms with Crippen LogP contribution in [0, 0.1) is 13.8 Å². The lowest BCUT2D eigenvalue weighted by atomic mass is 9.98. The van der Waals surface area contributed by atoms with E-state index in [1.165, 1.54) is 18.2 Å². The lowest BCUT2D eigenvalue weighted by molar-refractivity contribution is -0.141. The first-order chi connectivity index (χ1) is 14.0. The third-order valence-electron chi connectivity index (χ3n) is 4.79. The van der Waals surface area contributed by atoms with Crippen LogP contribution in [-0.2, 0) is 9.53 Å².